The van der Waals surface area contributed by atoms with Gasteiger partial charge >= 0.3 is 0 Å². The lowest BCUT2D eigenvalue weighted by atomic mass is 10.2. The van der Waals surface area contributed by atoms with Crippen molar-refractivity contribution < 1.29 is 9.59 Å². The van der Waals surface area contributed by atoms with E-state index in [-0.39, 0.29) is 18.4 Å². The van der Waals surface area contributed by atoms with Crippen LogP contribution in [0.3, 0.4) is 0 Å². The number of anilines is 1. The molecule has 1 N–H and O–H groups in total. The first-order valence-corrected chi connectivity index (χ1v) is 11.8. The summed E-state index contributed by atoms with van der Waals surface area (Å²) in [6, 6.07) is 10.4. The first kappa shape index (κ1) is 22.6. The standard InChI is InChI=1S/C21H17Cl4N3O2S/c22-12-1-3-14-17(9-12)31-20(19(14)25)21(30)28-7-5-27(6-8-28)11-18(29)26-13-2-4-15(23)16(24)10-13/h1-4,9-10H,5-8,11H2,(H,26,29). The van der Waals surface area contributed by atoms with Gasteiger partial charge in [0.25, 0.3) is 5.91 Å². The van der Waals surface area contributed by atoms with Gasteiger partial charge in [-0.3, -0.25) is 14.5 Å². The van der Waals surface area contributed by atoms with E-state index in [1.165, 1.54) is 11.3 Å². The molecule has 31 heavy (non-hydrogen) atoms. The highest BCUT2D eigenvalue weighted by molar-refractivity contribution is 7.21. The number of halogens is 4. The Morgan fingerprint density at radius 1 is 0.935 bits per heavy atom. The molecule has 1 aliphatic heterocycles. The van der Waals surface area contributed by atoms with Gasteiger partial charge in [0.15, 0.2) is 0 Å². The smallest absolute Gasteiger partial charge is 0.265 e. The third-order valence-electron chi connectivity index (χ3n) is 5.02. The van der Waals surface area contributed by atoms with Crippen molar-refractivity contribution in [2.45, 2.75) is 0 Å². The van der Waals surface area contributed by atoms with Gasteiger partial charge in [0.1, 0.15) is 4.88 Å². The van der Waals surface area contributed by atoms with E-state index in [1.807, 2.05) is 17.0 Å². The van der Waals surface area contributed by atoms with Crippen LogP contribution >= 0.6 is 57.7 Å². The molecule has 0 bridgehead atoms. The van der Waals surface area contributed by atoms with Gasteiger partial charge in [0, 0.05) is 47.0 Å². The summed E-state index contributed by atoms with van der Waals surface area (Å²) in [5.41, 5.74) is 0.590. The van der Waals surface area contributed by atoms with Crippen molar-refractivity contribution in [3.05, 3.63) is 61.4 Å². The van der Waals surface area contributed by atoms with Gasteiger partial charge in [-0.1, -0.05) is 52.5 Å². The number of fused-ring (bicyclic) bond motifs is 1. The molecule has 1 aliphatic rings. The zero-order chi connectivity index (χ0) is 22.1. The Kier molecular flexibility index (Phi) is 6.96. The van der Waals surface area contributed by atoms with E-state index >= 15 is 0 Å². The molecule has 0 unspecified atom stereocenters. The van der Waals surface area contributed by atoms with E-state index in [9.17, 15) is 9.59 Å². The summed E-state index contributed by atoms with van der Waals surface area (Å²) in [7, 11) is 0. The molecule has 5 nitrogen and oxygen atoms in total. The fourth-order valence-corrected chi connectivity index (χ4v) is 5.46. The van der Waals surface area contributed by atoms with Gasteiger partial charge in [0.2, 0.25) is 5.91 Å². The molecule has 2 heterocycles. The van der Waals surface area contributed by atoms with Crippen molar-refractivity contribution in [3.63, 3.8) is 0 Å². The molecule has 4 rings (SSSR count). The molecule has 0 radical (unpaired) electrons. The first-order chi connectivity index (χ1) is 14.8. The van der Waals surface area contributed by atoms with E-state index in [4.69, 9.17) is 46.4 Å². The second-order valence-electron chi connectivity index (χ2n) is 7.13. The number of nitrogens with one attached hydrogen (secondary N) is 1. The fraction of sp³-hybridized carbons (Fsp3) is 0.238. The lowest BCUT2D eigenvalue weighted by Crippen LogP contribution is -2.50. The third kappa shape index (κ3) is 5.11. The van der Waals surface area contributed by atoms with Crippen molar-refractivity contribution in [3.8, 4) is 0 Å². The van der Waals surface area contributed by atoms with E-state index in [0.717, 1.165) is 10.1 Å². The Hall–Kier alpha value is -1.54. The summed E-state index contributed by atoms with van der Waals surface area (Å²) in [5.74, 6) is -0.246. The van der Waals surface area contributed by atoms with Crippen LogP contribution in [0.2, 0.25) is 20.1 Å². The van der Waals surface area contributed by atoms with E-state index in [1.54, 1.807) is 29.2 Å². The molecule has 3 aromatic rings. The molecule has 0 spiro atoms. The van der Waals surface area contributed by atoms with Crippen LogP contribution in [0, 0.1) is 0 Å². The van der Waals surface area contributed by atoms with Crippen molar-refractivity contribution >= 4 is 85.3 Å². The van der Waals surface area contributed by atoms with Crippen LogP contribution < -0.4 is 5.32 Å². The minimum atomic E-state index is -0.150. The molecule has 0 aliphatic carbocycles. The molecule has 0 saturated carbocycles. The number of thiophene rings is 1. The molecule has 162 valence electrons. The monoisotopic (exact) mass is 515 g/mol. The number of piperazine rings is 1. The molecule has 10 heteroatoms. The maximum atomic E-state index is 13.0. The zero-order valence-electron chi connectivity index (χ0n) is 16.1. The van der Waals surface area contributed by atoms with Gasteiger partial charge in [0.05, 0.1) is 21.6 Å². The van der Waals surface area contributed by atoms with Gasteiger partial charge in [-0.25, -0.2) is 0 Å². The molecule has 0 atom stereocenters. The molecule has 1 fully saturated rings. The Bertz CT molecular complexity index is 1160. The van der Waals surface area contributed by atoms with E-state index in [0.29, 0.717) is 56.8 Å². The normalized spacial score (nSPS) is 14.8. The van der Waals surface area contributed by atoms with Crippen LogP contribution in [0.5, 0.6) is 0 Å². The maximum absolute atomic E-state index is 13.0. The minimum Gasteiger partial charge on any atom is -0.335 e. The predicted octanol–water partition coefficient (Wildman–Crippen LogP) is 5.91. The van der Waals surface area contributed by atoms with Gasteiger partial charge in [-0.2, -0.15) is 0 Å². The molecule has 1 saturated heterocycles. The highest BCUT2D eigenvalue weighted by atomic mass is 35.5. The SMILES string of the molecule is O=C(CN1CCN(C(=O)c2sc3cc(Cl)ccc3c2Cl)CC1)Nc1ccc(Cl)c(Cl)c1. The van der Waals surface area contributed by atoms with Crippen LogP contribution in [0.15, 0.2) is 36.4 Å². The summed E-state index contributed by atoms with van der Waals surface area (Å²) in [6.45, 7) is 2.45. The average molecular weight is 517 g/mol. The molecule has 2 aromatic carbocycles. The summed E-state index contributed by atoms with van der Waals surface area (Å²) in [4.78, 5) is 29.6. The lowest BCUT2D eigenvalue weighted by Gasteiger charge is -2.34. The number of nitrogens with zero attached hydrogens (tertiary/aromatic N) is 2. The van der Waals surface area contributed by atoms with E-state index in [2.05, 4.69) is 5.32 Å². The van der Waals surface area contributed by atoms with Crippen LogP contribution in [-0.2, 0) is 4.79 Å². The van der Waals surface area contributed by atoms with Crippen molar-refractivity contribution in [1.29, 1.82) is 0 Å². The Morgan fingerprint density at radius 3 is 2.39 bits per heavy atom. The van der Waals surface area contributed by atoms with E-state index < -0.39 is 0 Å². The Labute approximate surface area is 203 Å². The summed E-state index contributed by atoms with van der Waals surface area (Å²) >= 11 is 25.7. The largest absolute Gasteiger partial charge is 0.335 e. The number of rotatable bonds is 4. The lowest BCUT2D eigenvalue weighted by molar-refractivity contribution is -0.117. The zero-order valence-corrected chi connectivity index (χ0v) is 20.0. The molecular weight excluding hydrogens is 500 g/mol. The van der Waals surface area contributed by atoms with Crippen LogP contribution in [0.4, 0.5) is 5.69 Å². The van der Waals surface area contributed by atoms with Gasteiger partial charge in [-0.05, 0) is 30.3 Å². The number of hydrogen-bond donors (Lipinski definition) is 1. The molecular formula is C21H17Cl4N3O2S. The molecule has 1 aromatic heterocycles. The highest BCUT2D eigenvalue weighted by Crippen LogP contribution is 2.37. The maximum Gasteiger partial charge on any atom is 0.265 e. The Balaban J connectivity index is 1.34. The topological polar surface area (TPSA) is 52.7 Å². The number of benzene rings is 2. The van der Waals surface area contributed by atoms with Gasteiger partial charge in [-0.15, -0.1) is 11.3 Å². The predicted molar refractivity (Wildman–Crippen MR) is 129 cm³/mol. The quantitative estimate of drug-likeness (QED) is 0.468. The second kappa shape index (κ2) is 9.53. The van der Waals surface area contributed by atoms with Crippen LogP contribution in [0.25, 0.3) is 10.1 Å². The number of hydrogen-bond acceptors (Lipinski definition) is 4. The van der Waals surface area contributed by atoms with Crippen LogP contribution in [0.1, 0.15) is 9.67 Å². The first-order valence-electron chi connectivity index (χ1n) is 9.46. The Morgan fingerprint density at radius 2 is 1.68 bits per heavy atom. The minimum absolute atomic E-state index is 0.0952. The van der Waals surface area contributed by atoms with Crippen molar-refractivity contribution in [2.24, 2.45) is 0 Å². The van der Waals surface area contributed by atoms with Crippen molar-refractivity contribution in [1.82, 2.24) is 9.80 Å². The molecule has 2 amide bonds. The van der Waals surface area contributed by atoms with Crippen molar-refractivity contribution in [2.75, 3.05) is 38.0 Å². The van der Waals surface area contributed by atoms with Crippen LogP contribution in [-0.4, -0.2) is 54.3 Å². The number of amides is 2. The summed E-state index contributed by atoms with van der Waals surface area (Å²) in [6.07, 6.45) is 0. The fourth-order valence-electron chi connectivity index (χ4n) is 3.41. The highest BCUT2D eigenvalue weighted by Gasteiger charge is 2.26. The summed E-state index contributed by atoms with van der Waals surface area (Å²) < 4.78 is 0.887. The number of carbonyl (C=O) groups is 2. The third-order valence-corrected chi connectivity index (χ3v) is 7.64. The van der Waals surface area contributed by atoms with Gasteiger partial charge < -0.3 is 10.2 Å². The average Bonchev–Trinajstić information content (AvgIpc) is 3.06. The second-order valence-corrected chi connectivity index (χ2v) is 9.81. The summed E-state index contributed by atoms with van der Waals surface area (Å²) in [5, 5.41) is 5.53. The number of carbonyl (C=O) groups excluding carboxylic acids is 2.